The largest absolute Gasteiger partial charge is 0.497 e. The molecule has 0 spiro atoms. The van der Waals surface area contributed by atoms with Gasteiger partial charge >= 0.3 is 0 Å². The Morgan fingerprint density at radius 1 is 1.22 bits per heavy atom. The van der Waals surface area contributed by atoms with Crippen LogP contribution >= 0.6 is 22.9 Å². The second-order valence-electron chi connectivity index (χ2n) is 3.54. The molecule has 0 saturated carbocycles. The van der Waals surface area contributed by atoms with Crippen LogP contribution in [0.3, 0.4) is 0 Å². The van der Waals surface area contributed by atoms with Gasteiger partial charge in [0.1, 0.15) is 12.0 Å². The molecule has 18 heavy (non-hydrogen) atoms. The lowest BCUT2D eigenvalue weighted by molar-refractivity contribution is -0.104. The molecule has 0 unspecified atom stereocenters. The van der Waals surface area contributed by atoms with Crippen LogP contribution in [0.25, 0.3) is 15.5 Å². The van der Waals surface area contributed by atoms with E-state index in [9.17, 15) is 4.79 Å². The number of thiophene rings is 1. The van der Waals surface area contributed by atoms with Gasteiger partial charge in [0, 0.05) is 9.75 Å². The molecule has 1 aromatic heterocycles. The number of benzene rings is 1. The summed E-state index contributed by atoms with van der Waals surface area (Å²) in [5.41, 5.74) is 1.10. The fourth-order valence-corrected chi connectivity index (χ4v) is 2.68. The van der Waals surface area contributed by atoms with Crippen molar-refractivity contribution in [3.63, 3.8) is 0 Å². The van der Waals surface area contributed by atoms with Crippen molar-refractivity contribution >= 4 is 34.3 Å². The summed E-state index contributed by atoms with van der Waals surface area (Å²) in [6.07, 6.45) is 2.04. The molecule has 0 aliphatic rings. The Bertz CT molecular complexity index is 570. The van der Waals surface area contributed by atoms with E-state index in [4.69, 9.17) is 16.3 Å². The summed E-state index contributed by atoms with van der Waals surface area (Å²) in [6, 6.07) is 11.7. The molecule has 0 amide bonds. The summed E-state index contributed by atoms with van der Waals surface area (Å²) >= 11 is 7.52. The second-order valence-corrected chi connectivity index (χ2v) is 5.03. The number of ether oxygens (including phenoxy) is 1. The highest BCUT2D eigenvalue weighted by Gasteiger charge is 2.05. The predicted molar refractivity (Wildman–Crippen MR) is 76.2 cm³/mol. The van der Waals surface area contributed by atoms with Crippen molar-refractivity contribution in [1.82, 2.24) is 0 Å². The average Bonchev–Trinajstić information content (AvgIpc) is 2.89. The first-order valence-electron chi connectivity index (χ1n) is 5.30. The van der Waals surface area contributed by atoms with Gasteiger partial charge in [-0.15, -0.1) is 11.3 Å². The van der Waals surface area contributed by atoms with Crippen LogP contribution in [0.1, 0.15) is 4.88 Å². The van der Waals surface area contributed by atoms with E-state index in [-0.39, 0.29) is 0 Å². The van der Waals surface area contributed by atoms with E-state index >= 15 is 0 Å². The highest BCUT2D eigenvalue weighted by atomic mass is 35.5. The van der Waals surface area contributed by atoms with Crippen molar-refractivity contribution in [3.8, 4) is 16.2 Å². The molecular weight excluding hydrogens is 268 g/mol. The van der Waals surface area contributed by atoms with E-state index in [2.05, 4.69) is 0 Å². The standard InChI is InChI=1S/C14H11ClO2S/c1-17-11-4-2-10(3-5-11)13-6-7-14(18-13)12(15)8-9-16/h2-9H,1H3/b12-8-. The molecule has 0 saturated heterocycles. The van der Waals surface area contributed by atoms with Gasteiger partial charge in [0.25, 0.3) is 0 Å². The Morgan fingerprint density at radius 3 is 2.56 bits per heavy atom. The minimum absolute atomic E-state index is 0.467. The zero-order valence-electron chi connectivity index (χ0n) is 9.72. The van der Waals surface area contributed by atoms with E-state index in [1.807, 2.05) is 36.4 Å². The molecule has 2 aromatic rings. The summed E-state index contributed by atoms with van der Waals surface area (Å²) in [7, 11) is 1.64. The molecule has 0 aliphatic heterocycles. The SMILES string of the molecule is COc1ccc(-c2ccc(/C(Cl)=C/C=O)s2)cc1. The van der Waals surface area contributed by atoms with Crippen LogP contribution in [0.4, 0.5) is 0 Å². The summed E-state index contributed by atoms with van der Waals surface area (Å²) in [5, 5.41) is 0.467. The number of aldehydes is 1. The Labute approximate surface area is 114 Å². The van der Waals surface area contributed by atoms with E-state index in [1.54, 1.807) is 18.4 Å². The highest BCUT2D eigenvalue weighted by molar-refractivity contribution is 7.17. The smallest absolute Gasteiger partial charge is 0.144 e. The van der Waals surface area contributed by atoms with Gasteiger partial charge in [0.05, 0.1) is 12.1 Å². The Morgan fingerprint density at radius 2 is 1.94 bits per heavy atom. The predicted octanol–water partition coefficient (Wildman–Crippen LogP) is 4.20. The maximum absolute atomic E-state index is 10.4. The van der Waals surface area contributed by atoms with Crippen LogP contribution in [0.5, 0.6) is 5.75 Å². The number of allylic oxidation sites excluding steroid dienone is 1. The van der Waals surface area contributed by atoms with Crippen LogP contribution < -0.4 is 4.74 Å². The van der Waals surface area contributed by atoms with Gasteiger partial charge in [-0.3, -0.25) is 4.79 Å². The van der Waals surface area contributed by atoms with E-state index in [1.165, 1.54) is 6.08 Å². The lowest BCUT2D eigenvalue weighted by atomic mass is 10.2. The summed E-state index contributed by atoms with van der Waals surface area (Å²) in [6.45, 7) is 0. The molecule has 2 rings (SSSR count). The van der Waals surface area contributed by atoms with Gasteiger partial charge in [-0.1, -0.05) is 11.6 Å². The maximum Gasteiger partial charge on any atom is 0.144 e. The van der Waals surface area contributed by atoms with E-state index in [0.29, 0.717) is 11.3 Å². The second kappa shape index (κ2) is 5.85. The Balaban J connectivity index is 2.28. The van der Waals surface area contributed by atoms with Crippen LogP contribution in [-0.2, 0) is 4.79 Å². The lowest BCUT2D eigenvalue weighted by Gasteiger charge is -2.00. The Kier molecular flexibility index (Phi) is 4.18. The van der Waals surface area contributed by atoms with Gasteiger partial charge in [-0.2, -0.15) is 0 Å². The number of hydrogen-bond donors (Lipinski definition) is 0. The minimum atomic E-state index is 0.467. The third-order valence-corrected chi connectivity index (χ3v) is 4.04. The number of hydrogen-bond acceptors (Lipinski definition) is 3. The lowest BCUT2D eigenvalue weighted by Crippen LogP contribution is -1.81. The van der Waals surface area contributed by atoms with Crippen LogP contribution in [-0.4, -0.2) is 13.4 Å². The van der Waals surface area contributed by atoms with Crippen molar-refractivity contribution in [2.75, 3.05) is 7.11 Å². The van der Waals surface area contributed by atoms with Crippen molar-refractivity contribution < 1.29 is 9.53 Å². The molecule has 0 bridgehead atoms. The minimum Gasteiger partial charge on any atom is -0.497 e. The van der Waals surface area contributed by atoms with E-state index in [0.717, 1.165) is 21.1 Å². The van der Waals surface area contributed by atoms with Gasteiger partial charge in [-0.05, 0) is 48.0 Å². The van der Waals surface area contributed by atoms with Gasteiger partial charge in [0.2, 0.25) is 0 Å². The molecule has 1 aromatic carbocycles. The van der Waals surface area contributed by atoms with Crippen molar-refractivity contribution in [1.29, 1.82) is 0 Å². The first-order chi connectivity index (χ1) is 8.74. The third kappa shape index (κ3) is 2.81. The topological polar surface area (TPSA) is 26.3 Å². The van der Waals surface area contributed by atoms with Crippen molar-refractivity contribution in [2.45, 2.75) is 0 Å². The number of methoxy groups -OCH3 is 1. The number of rotatable bonds is 4. The fraction of sp³-hybridized carbons (Fsp3) is 0.0714. The molecule has 2 nitrogen and oxygen atoms in total. The fourth-order valence-electron chi connectivity index (χ4n) is 1.52. The molecule has 4 heteroatoms. The summed E-state index contributed by atoms with van der Waals surface area (Å²) in [5.74, 6) is 0.828. The quantitative estimate of drug-likeness (QED) is 0.619. The van der Waals surface area contributed by atoms with Gasteiger partial charge in [-0.25, -0.2) is 0 Å². The zero-order chi connectivity index (χ0) is 13.0. The molecular formula is C14H11ClO2S. The van der Waals surface area contributed by atoms with Crippen molar-refractivity contribution in [3.05, 3.63) is 47.4 Å². The molecule has 0 aliphatic carbocycles. The van der Waals surface area contributed by atoms with Gasteiger partial charge < -0.3 is 4.74 Å². The van der Waals surface area contributed by atoms with Crippen LogP contribution in [0.15, 0.2) is 42.5 Å². The first kappa shape index (κ1) is 12.9. The van der Waals surface area contributed by atoms with E-state index < -0.39 is 0 Å². The maximum atomic E-state index is 10.4. The van der Waals surface area contributed by atoms with Crippen LogP contribution in [0.2, 0.25) is 0 Å². The zero-order valence-corrected chi connectivity index (χ0v) is 11.3. The highest BCUT2D eigenvalue weighted by Crippen LogP contribution is 2.33. The number of halogens is 1. The normalized spacial score (nSPS) is 11.3. The van der Waals surface area contributed by atoms with Gasteiger partial charge in [0.15, 0.2) is 0 Å². The monoisotopic (exact) mass is 278 g/mol. The number of carbonyl (C=O) groups is 1. The van der Waals surface area contributed by atoms with Crippen LogP contribution in [0, 0.1) is 0 Å². The first-order valence-corrected chi connectivity index (χ1v) is 6.49. The Hall–Kier alpha value is -1.58. The number of carbonyl (C=O) groups excluding carboxylic acids is 1. The van der Waals surface area contributed by atoms with Crippen molar-refractivity contribution in [2.24, 2.45) is 0 Å². The third-order valence-electron chi connectivity index (χ3n) is 2.43. The molecule has 0 atom stereocenters. The molecule has 0 N–H and O–H groups in total. The molecule has 1 heterocycles. The molecule has 0 fully saturated rings. The average molecular weight is 279 g/mol. The summed E-state index contributed by atoms with van der Waals surface area (Å²) < 4.78 is 5.11. The summed E-state index contributed by atoms with van der Waals surface area (Å²) in [4.78, 5) is 12.4. The molecule has 92 valence electrons. The molecule has 0 radical (unpaired) electrons.